The summed E-state index contributed by atoms with van der Waals surface area (Å²) in [6, 6.07) is 0.701. The van der Waals surface area contributed by atoms with Gasteiger partial charge in [0.15, 0.2) is 0 Å². The van der Waals surface area contributed by atoms with E-state index < -0.39 is 0 Å². The van der Waals surface area contributed by atoms with Gasteiger partial charge in [0.2, 0.25) is 0 Å². The fourth-order valence-corrected chi connectivity index (χ4v) is 4.91. The fourth-order valence-electron chi connectivity index (χ4n) is 4.91. The summed E-state index contributed by atoms with van der Waals surface area (Å²) in [5.41, 5.74) is 0.339. The molecule has 0 aromatic heterocycles. The van der Waals surface area contributed by atoms with Crippen LogP contribution in [0.25, 0.3) is 0 Å². The Morgan fingerprint density at radius 1 is 1.25 bits per heavy atom. The Kier molecular flexibility index (Phi) is 4.16. The predicted molar refractivity (Wildman–Crippen MR) is 85.8 cm³/mol. The molecule has 1 heterocycles. The van der Waals surface area contributed by atoms with Gasteiger partial charge in [-0.1, -0.05) is 26.7 Å². The third-order valence-corrected chi connectivity index (χ3v) is 6.74. The van der Waals surface area contributed by atoms with Gasteiger partial charge in [0.25, 0.3) is 0 Å². The number of nitrogens with one attached hydrogen (secondary N) is 1. The zero-order valence-electron chi connectivity index (χ0n) is 14.0. The molecule has 20 heavy (non-hydrogen) atoms. The van der Waals surface area contributed by atoms with E-state index in [0.717, 1.165) is 30.2 Å². The van der Waals surface area contributed by atoms with Gasteiger partial charge in [-0.3, -0.25) is 4.90 Å². The quantitative estimate of drug-likeness (QED) is 0.846. The van der Waals surface area contributed by atoms with E-state index in [2.05, 4.69) is 37.9 Å². The van der Waals surface area contributed by atoms with E-state index in [0.29, 0.717) is 11.6 Å². The van der Waals surface area contributed by atoms with Crippen molar-refractivity contribution in [3.63, 3.8) is 0 Å². The van der Waals surface area contributed by atoms with E-state index in [4.69, 9.17) is 0 Å². The molecule has 0 aromatic rings. The minimum Gasteiger partial charge on any atom is -0.311 e. The number of fused-ring (bicyclic) bond motifs is 2. The molecule has 2 bridgehead atoms. The van der Waals surface area contributed by atoms with Gasteiger partial charge in [0.05, 0.1) is 0 Å². The lowest BCUT2D eigenvalue weighted by Gasteiger charge is -2.49. The molecule has 1 saturated heterocycles. The molecule has 2 saturated carbocycles. The zero-order valence-corrected chi connectivity index (χ0v) is 14.0. The summed E-state index contributed by atoms with van der Waals surface area (Å²) in [7, 11) is 0. The van der Waals surface area contributed by atoms with Gasteiger partial charge in [-0.2, -0.15) is 0 Å². The van der Waals surface area contributed by atoms with Gasteiger partial charge in [0.1, 0.15) is 0 Å². The number of hydrogen-bond donors (Lipinski definition) is 1. The predicted octanol–water partition coefficient (Wildman–Crippen LogP) is 3.52. The Morgan fingerprint density at radius 2 is 2.05 bits per heavy atom. The summed E-state index contributed by atoms with van der Waals surface area (Å²) in [4.78, 5) is 2.83. The second-order valence-electron chi connectivity index (χ2n) is 8.53. The van der Waals surface area contributed by atoms with Crippen LogP contribution in [0, 0.1) is 23.7 Å². The summed E-state index contributed by atoms with van der Waals surface area (Å²) in [6.45, 7) is 13.4. The van der Waals surface area contributed by atoms with Gasteiger partial charge in [-0.05, 0) is 56.8 Å². The molecule has 3 rings (SSSR count). The smallest absolute Gasteiger partial charge is 0.0278 e. The molecule has 3 fully saturated rings. The van der Waals surface area contributed by atoms with Crippen molar-refractivity contribution in [3.8, 4) is 0 Å². The van der Waals surface area contributed by atoms with Crippen LogP contribution in [0.1, 0.15) is 59.8 Å². The SMILES string of the molecule is CCC(C)C1CN(CC2CC3CCC2C3)C(C)(C)CN1. The van der Waals surface area contributed by atoms with Crippen LogP contribution in [0.5, 0.6) is 0 Å². The highest BCUT2D eigenvalue weighted by atomic mass is 15.3. The molecule has 3 aliphatic rings. The van der Waals surface area contributed by atoms with Gasteiger partial charge < -0.3 is 5.32 Å². The van der Waals surface area contributed by atoms with Crippen molar-refractivity contribution >= 4 is 0 Å². The molecule has 5 atom stereocenters. The normalized spacial score (nSPS) is 42.0. The van der Waals surface area contributed by atoms with E-state index in [-0.39, 0.29) is 0 Å². The van der Waals surface area contributed by atoms with E-state index in [1.165, 1.54) is 38.8 Å². The van der Waals surface area contributed by atoms with Crippen LogP contribution < -0.4 is 5.32 Å². The largest absolute Gasteiger partial charge is 0.311 e. The topological polar surface area (TPSA) is 15.3 Å². The highest BCUT2D eigenvalue weighted by Crippen LogP contribution is 2.49. The minimum absolute atomic E-state index is 0.339. The molecule has 0 amide bonds. The minimum atomic E-state index is 0.339. The van der Waals surface area contributed by atoms with Crippen LogP contribution >= 0.6 is 0 Å². The van der Waals surface area contributed by atoms with Gasteiger partial charge >= 0.3 is 0 Å². The Hall–Kier alpha value is -0.0800. The Labute approximate surface area is 125 Å². The number of nitrogens with zero attached hydrogens (tertiary/aromatic N) is 1. The summed E-state index contributed by atoms with van der Waals surface area (Å²) < 4.78 is 0. The van der Waals surface area contributed by atoms with Crippen molar-refractivity contribution in [2.24, 2.45) is 23.7 Å². The van der Waals surface area contributed by atoms with Crippen molar-refractivity contribution in [2.75, 3.05) is 19.6 Å². The zero-order chi connectivity index (χ0) is 14.3. The molecule has 2 heteroatoms. The second-order valence-corrected chi connectivity index (χ2v) is 8.53. The molecular weight excluding hydrogens is 244 g/mol. The first kappa shape index (κ1) is 14.8. The van der Waals surface area contributed by atoms with E-state index >= 15 is 0 Å². The van der Waals surface area contributed by atoms with E-state index in [1.807, 2.05) is 0 Å². The maximum atomic E-state index is 3.81. The number of rotatable bonds is 4. The average molecular weight is 278 g/mol. The Morgan fingerprint density at radius 3 is 2.65 bits per heavy atom. The van der Waals surface area contributed by atoms with Crippen molar-refractivity contribution in [1.82, 2.24) is 10.2 Å². The lowest BCUT2D eigenvalue weighted by atomic mass is 9.85. The standard InChI is InChI=1S/C18H34N2/c1-5-13(2)17-11-20(18(3,4)12-19-17)10-16-9-14-6-7-15(16)8-14/h13-17,19H,5-12H2,1-4H3. The Bertz CT molecular complexity index is 338. The van der Waals surface area contributed by atoms with E-state index in [1.54, 1.807) is 6.42 Å². The molecule has 5 unspecified atom stereocenters. The molecule has 1 aliphatic heterocycles. The highest BCUT2D eigenvalue weighted by Gasteiger charge is 2.43. The van der Waals surface area contributed by atoms with Crippen LogP contribution in [-0.4, -0.2) is 36.1 Å². The maximum Gasteiger partial charge on any atom is 0.0278 e. The number of piperazine rings is 1. The van der Waals surface area contributed by atoms with Gasteiger partial charge in [-0.15, -0.1) is 0 Å². The monoisotopic (exact) mass is 278 g/mol. The maximum absolute atomic E-state index is 3.81. The van der Waals surface area contributed by atoms with Gasteiger partial charge in [-0.25, -0.2) is 0 Å². The van der Waals surface area contributed by atoms with Crippen LogP contribution in [0.4, 0.5) is 0 Å². The van der Waals surface area contributed by atoms with Crippen molar-refractivity contribution in [1.29, 1.82) is 0 Å². The third-order valence-electron chi connectivity index (χ3n) is 6.74. The molecule has 1 N–H and O–H groups in total. The fraction of sp³-hybridized carbons (Fsp3) is 1.00. The molecule has 0 spiro atoms. The van der Waals surface area contributed by atoms with Gasteiger partial charge in [0, 0.05) is 31.2 Å². The van der Waals surface area contributed by atoms with Crippen LogP contribution in [0.15, 0.2) is 0 Å². The first-order valence-corrected chi connectivity index (χ1v) is 8.98. The van der Waals surface area contributed by atoms with Crippen LogP contribution in [-0.2, 0) is 0 Å². The molecule has 116 valence electrons. The summed E-state index contributed by atoms with van der Waals surface area (Å²) in [5, 5.41) is 3.81. The molecule has 0 aromatic carbocycles. The summed E-state index contributed by atoms with van der Waals surface area (Å²) in [5.74, 6) is 3.95. The number of hydrogen-bond acceptors (Lipinski definition) is 2. The van der Waals surface area contributed by atoms with Crippen LogP contribution in [0.3, 0.4) is 0 Å². The Balaban J connectivity index is 1.62. The highest BCUT2D eigenvalue weighted by molar-refractivity contribution is 4.98. The lowest BCUT2D eigenvalue weighted by molar-refractivity contribution is 0.0299. The van der Waals surface area contributed by atoms with Crippen molar-refractivity contribution in [2.45, 2.75) is 71.4 Å². The first-order chi connectivity index (χ1) is 9.49. The van der Waals surface area contributed by atoms with Crippen molar-refractivity contribution in [3.05, 3.63) is 0 Å². The molecule has 2 nitrogen and oxygen atoms in total. The van der Waals surface area contributed by atoms with Crippen molar-refractivity contribution < 1.29 is 0 Å². The second kappa shape index (κ2) is 5.61. The van der Waals surface area contributed by atoms with E-state index in [9.17, 15) is 0 Å². The first-order valence-electron chi connectivity index (χ1n) is 8.98. The summed E-state index contributed by atoms with van der Waals surface area (Å²) in [6.07, 6.45) is 7.42. The molecular formula is C18H34N2. The third kappa shape index (κ3) is 2.78. The van der Waals surface area contributed by atoms with Crippen LogP contribution in [0.2, 0.25) is 0 Å². The molecule has 2 aliphatic carbocycles. The summed E-state index contributed by atoms with van der Waals surface area (Å²) >= 11 is 0. The molecule has 0 radical (unpaired) electrons. The lowest BCUT2D eigenvalue weighted by Crippen LogP contribution is -2.64. The average Bonchev–Trinajstić information content (AvgIpc) is 3.02.